The zero-order chi connectivity index (χ0) is 13.7. The third kappa shape index (κ3) is 3.76. The fourth-order valence-corrected chi connectivity index (χ4v) is 2.65. The van der Waals surface area contributed by atoms with E-state index in [0.29, 0.717) is 12.1 Å². The smallest absolute Gasteiger partial charge is 0.240 e. The Kier molecular flexibility index (Phi) is 5.34. The zero-order valence-electron chi connectivity index (χ0n) is 12.4. The van der Waals surface area contributed by atoms with Crippen molar-refractivity contribution in [1.82, 2.24) is 20.4 Å². The van der Waals surface area contributed by atoms with E-state index in [4.69, 9.17) is 4.52 Å². The molecule has 1 saturated heterocycles. The zero-order valence-corrected chi connectivity index (χ0v) is 12.4. The first-order valence-corrected chi connectivity index (χ1v) is 7.55. The van der Waals surface area contributed by atoms with Crippen LogP contribution in [0, 0.1) is 0 Å². The molecule has 1 aromatic rings. The highest BCUT2D eigenvalue weighted by Crippen LogP contribution is 2.15. The second-order valence-electron chi connectivity index (χ2n) is 5.36. The Morgan fingerprint density at radius 1 is 1.32 bits per heavy atom. The van der Waals surface area contributed by atoms with Crippen molar-refractivity contribution in [3.05, 3.63) is 11.7 Å². The van der Waals surface area contributed by atoms with Gasteiger partial charge in [-0.3, -0.25) is 4.90 Å². The second kappa shape index (κ2) is 7.01. The molecule has 2 atom stereocenters. The van der Waals surface area contributed by atoms with Crippen LogP contribution < -0.4 is 5.32 Å². The van der Waals surface area contributed by atoms with E-state index < -0.39 is 0 Å². The lowest BCUT2D eigenvalue weighted by Gasteiger charge is -2.39. The molecule has 0 saturated carbocycles. The van der Waals surface area contributed by atoms with Crippen LogP contribution in [0.1, 0.15) is 51.7 Å². The first-order valence-electron chi connectivity index (χ1n) is 7.55. The Labute approximate surface area is 115 Å². The quantitative estimate of drug-likeness (QED) is 0.853. The topological polar surface area (TPSA) is 54.2 Å². The minimum absolute atomic E-state index is 0.573. The molecule has 108 valence electrons. The number of aryl methyl sites for hydroxylation is 1. The molecule has 0 aliphatic carbocycles. The standard InChI is InChI=1S/C14H26N4O/c1-4-7-13-16-14(19-17-13)10-18-9-11(5-2)15-8-12(18)6-3/h11-12,15H,4-10H2,1-3H3. The summed E-state index contributed by atoms with van der Waals surface area (Å²) in [5, 5.41) is 7.64. The summed E-state index contributed by atoms with van der Waals surface area (Å²) in [5.74, 6) is 1.60. The maximum atomic E-state index is 5.36. The summed E-state index contributed by atoms with van der Waals surface area (Å²) in [4.78, 5) is 6.95. The van der Waals surface area contributed by atoms with Gasteiger partial charge in [0, 0.05) is 31.6 Å². The highest BCUT2D eigenvalue weighted by molar-refractivity contribution is 4.91. The van der Waals surface area contributed by atoms with Crippen LogP contribution in [0.3, 0.4) is 0 Å². The first-order chi connectivity index (χ1) is 9.26. The average molecular weight is 266 g/mol. The van der Waals surface area contributed by atoms with Gasteiger partial charge in [-0.25, -0.2) is 0 Å². The fraction of sp³-hybridized carbons (Fsp3) is 0.857. The molecule has 1 aliphatic heterocycles. The van der Waals surface area contributed by atoms with Gasteiger partial charge in [0.05, 0.1) is 6.54 Å². The maximum Gasteiger partial charge on any atom is 0.240 e. The molecular weight excluding hydrogens is 240 g/mol. The Morgan fingerprint density at radius 2 is 2.16 bits per heavy atom. The van der Waals surface area contributed by atoms with Gasteiger partial charge < -0.3 is 9.84 Å². The van der Waals surface area contributed by atoms with Crippen LogP contribution in [0.4, 0.5) is 0 Å². The van der Waals surface area contributed by atoms with Crippen molar-refractivity contribution in [2.75, 3.05) is 13.1 Å². The van der Waals surface area contributed by atoms with Gasteiger partial charge in [0.15, 0.2) is 5.82 Å². The van der Waals surface area contributed by atoms with E-state index in [1.54, 1.807) is 0 Å². The summed E-state index contributed by atoms with van der Waals surface area (Å²) in [5.41, 5.74) is 0. The molecule has 19 heavy (non-hydrogen) atoms. The van der Waals surface area contributed by atoms with Gasteiger partial charge in [-0.15, -0.1) is 0 Å². The predicted octanol–water partition coefficient (Wildman–Crippen LogP) is 1.98. The molecular formula is C14H26N4O. The fourth-order valence-electron chi connectivity index (χ4n) is 2.65. The maximum absolute atomic E-state index is 5.36. The molecule has 1 fully saturated rings. The van der Waals surface area contributed by atoms with Crippen LogP contribution in [-0.2, 0) is 13.0 Å². The van der Waals surface area contributed by atoms with Gasteiger partial charge in [0.2, 0.25) is 5.89 Å². The lowest BCUT2D eigenvalue weighted by molar-refractivity contribution is 0.104. The van der Waals surface area contributed by atoms with Gasteiger partial charge in [0.25, 0.3) is 0 Å². The molecule has 1 aromatic heterocycles. The van der Waals surface area contributed by atoms with Gasteiger partial charge in [-0.1, -0.05) is 25.9 Å². The van der Waals surface area contributed by atoms with Crippen molar-refractivity contribution in [1.29, 1.82) is 0 Å². The molecule has 0 amide bonds. The molecule has 1 aliphatic rings. The Hall–Kier alpha value is -0.940. The Morgan fingerprint density at radius 3 is 2.84 bits per heavy atom. The predicted molar refractivity (Wildman–Crippen MR) is 74.9 cm³/mol. The summed E-state index contributed by atoms with van der Waals surface area (Å²) in [6, 6.07) is 1.16. The Balaban J connectivity index is 1.97. The number of aromatic nitrogens is 2. The van der Waals surface area contributed by atoms with E-state index in [1.165, 1.54) is 0 Å². The highest BCUT2D eigenvalue weighted by atomic mass is 16.5. The second-order valence-corrected chi connectivity index (χ2v) is 5.36. The van der Waals surface area contributed by atoms with E-state index in [9.17, 15) is 0 Å². The molecule has 0 aromatic carbocycles. The molecule has 0 spiro atoms. The monoisotopic (exact) mass is 266 g/mol. The van der Waals surface area contributed by atoms with E-state index in [0.717, 1.165) is 57.0 Å². The molecule has 2 heterocycles. The summed E-state index contributed by atoms with van der Waals surface area (Å²) >= 11 is 0. The third-order valence-electron chi connectivity index (χ3n) is 3.90. The van der Waals surface area contributed by atoms with E-state index in [1.807, 2.05) is 0 Å². The van der Waals surface area contributed by atoms with Crippen molar-refractivity contribution < 1.29 is 4.52 Å². The summed E-state index contributed by atoms with van der Waals surface area (Å²) in [6.45, 7) is 9.51. The summed E-state index contributed by atoms with van der Waals surface area (Å²) in [6.07, 6.45) is 4.28. The molecule has 0 bridgehead atoms. The molecule has 5 nitrogen and oxygen atoms in total. The molecule has 0 radical (unpaired) electrons. The van der Waals surface area contributed by atoms with Crippen molar-refractivity contribution in [3.63, 3.8) is 0 Å². The lowest BCUT2D eigenvalue weighted by Crippen LogP contribution is -2.55. The van der Waals surface area contributed by atoms with Gasteiger partial charge >= 0.3 is 0 Å². The van der Waals surface area contributed by atoms with E-state index in [2.05, 4.69) is 41.1 Å². The molecule has 2 rings (SSSR count). The normalized spacial score (nSPS) is 24.8. The third-order valence-corrected chi connectivity index (χ3v) is 3.90. The molecule has 1 N–H and O–H groups in total. The van der Waals surface area contributed by atoms with Gasteiger partial charge in [0.1, 0.15) is 0 Å². The van der Waals surface area contributed by atoms with Crippen LogP contribution in [0.25, 0.3) is 0 Å². The van der Waals surface area contributed by atoms with Crippen LogP contribution in [0.5, 0.6) is 0 Å². The molecule has 5 heteroatoms. The number of nitrogens with one attached hydrogen (secondary N) is 1. The van der Waals surface area contributed by atoms with Crippen molar-refractivity contribution in [2.45, 2.75) is 65.1 Å². The number of hydrogen-bond donors (Lipinski definition) is 1. The van der Waals surface area contributed by atoms with Crippen LogP contribution in [0.15, 0.2) is 4.52 Å². The molecule has 2 unspecified atom stereocenters. The van der Waals surface area contributed by atoms with Crippen LogP contribution >= 0.6 is 0 Å². The minimum atomic E-state index is 0.573. The van der Waals surface area contributed by atoms with Gasteiger partial charge in [-0.05, 0) is 19.3 Å². The van der Waals surface area contributed by atoms with Crippen molar-refractivity contribution in [3.8, 4) is 0 Å². The van der Waals surface area contributed by atoms with Crippen LogP contribution in [-0.4, -0.2) is 40.2 Å². The minimum Gasteiger partial charge on any atom is -0.338 e. The van der Waals surface area contributed by atoms with Crippen molar-refractivity contribution in [2.24, 2.45) is 0 Å². The number of nitrogens with zero attached hydrogens (tertiary/aromatic N) is 3. The number of hydrogen-bond acceptors (Lipinski definition) is 5. The Bertz CT molecular complexity index is 379. The number of rotatable bonds is 6. The summed E-state index contributed by atoms with van der Waals surface area (Å²) in [7, 11) is 0. The first kappa shape index (κ1) is 14.5. The average Bonchev–Trinajstić information content (AvgIpc) is 2.86. The van der Waals surface area contributed by atoms with Crippen LogP contribution in [0.2, 0.25) is 0 Å². The van der Waals surface area contributed by atoms with Gasteiger partial charge in [-0.2, -0.15) is 4.98 Å². The van der Waals surface area contributed by atoms with E-state index in [-0.39, 0.29) is 0 Å². The van der Waals surface area contributed by atoms with Crippen molar-refractivity contribution >= 4 is 0 Å². The number of piperazine rings is 1. The highest BCUT2D eigenvalue weighted by Gasteiger charge is 2.27. The largest absolute Gasteiger partial charge is 0.338 e. The van der Waals surface area contributed by atoms with E-state index >= 15 is 0 Å². The summed E-state index contributed by atoms with van der Waals surface area (Å²) < 4.78 is 5.36. The lowest BCUT2D eigenvalue weighted by atomic mass is 10.1. The SMILES string of the molecule is CCCc1noc(CN2CC(CC)NCC2CC)n1.